The number of piperazine rings is 1. The Morgan fingerprint density at radius 1 is 1.00 bits per heavy atom. The van der Waals surface area contributed by atoms with Crippen LogP contribution in [0.4, 0.5) is 0 Å². The van der Waals surface area contributed by atoms with Crippen LogP contribution in [0.5, 0.6) is 5.75 Å². The van der Waals surface area contributed by atoms with Crippen LogP contribution in [0.1, 0.15) is 36.2 Å². The molecular formula is C27H32N6O5. The number of rotatable bonds is 5. The number of aromatic nitrogens is 4. The molecule has 1 saturated carbocycles. The van der Waals surface area contributed by atoms with Crippen LogP contribution >= 0.6 is 0 Å². The van der Waals surface area contributed by atoms with E-state index < -0.39 is 0 Å². The molecule has 1 saturated heterocycles. The van der Waals surface area contributed by atoms with Gasteiger partial charge >= 0.3 is 5.69 Å². The summed E-state index contributed by atoms with van der Waals surface area (Å²) in [6.45, 7) is 2.29. The highest BCUT2D eigenvalue weighted by atomic mass is 16.5. The third-order valence-electron chi connectivity index (χ3n) is 7.87. The summed E-state index contributed by atoms with van der Waals surface area (Å²) in [5, 5.41) is 0.452. The Bertz CT molecular complexity index is 1450. The lowest BCUT2D eigenvalue weighted by Gasteiger charge is -2.37. The Morgan fingerprint density at radius 2 is 1.71 bits per heavy atom. The quantitative estimate of drug-likeness (QED) is 0.497. The van der Waals surface area contributed by atoms with E-state index in [9.17, 15) is 19.2 Å². The molecule has 2 amide bonds. The van der Waals surface area contributed by atoms with Gasteiger partial charge in [-0.1, -0.05) is 0 Å². The number of ether oxygens (including phenoxy) is 1. The Kier molecular flexibility index (Phi) is 7.26. The van der Waals surface area contributed by atoms with Crippen molar-refractivity contribution in [3.8, 4) is 5.75 Å². The smallest absolute Gasteiger partial charge is 0.331 e. The van der Waals surface area contributed by atoms with E-state index in [-0.39, 0.29) is 34.9 Å². The predicted octanol–water partition coefficient (Wildman–Crippen LogP) is 1.29. The molecular weight excluding hydrogens is 488 g/mol. The van der Waals surface area contributed by atoms with Gasteiger partial charge in [-0.15, -0.1) is 0 Å². The number of benzene rings is 1. The van der Waals surface area contributed by atoms with Crippen molar-refractivity contribution in [3.63, 3.8) is 0 Å². The van der Waals surface area contributed by atoms with Crippen molar-refractivity contribution in [2.75, 3.05) is 33.3 Å². The normalized spacial score (nSPS) is 19.9. The monoisotopic (exact) mass is 520 g/mol. The fraction of sp³-hybridized carbons (Fsp3) is 0.481. The number of amides is 2. The molecule has 0 bridgehead atoms. The first-order chi connectivity index (χ1) is 18.4. The van der Waals surface area contributed by atoms with Crippen LogP contribution in [0.2, 0.25) is 0 Å². The van der Waals surface area contributed by atoms with Gasteiger partial charge in [0, 0.05) is 51.9 Å². The van der Waals surface area contributed by atoms with Crippen molar-refractivity contribution >= 4 is 22.7 Å². The number of hydrogen-bond acceptors (Lipinski definition) is 7. The average molecular weight is 521 g/mol. The zero-order valence-electron chi connectivity index (χ0n) is 21.7. The highest BCUT2D eigenvalue weighted by molar-refractivity contribution is 5.92. The van der Waals surface area contributed by atoms with Crippen LogP contribution in [-0.2, 0) is 18.4 Å². The maximum atomic E-state index is 13.2. The Hall–Kier alpha value is -4.02. The van der Waals surface area contributed by atoms with Crippen molar-refractivity contribution in [1.29, 1.82) is 0 Å². The zero-order chi connectivity index (χ0) is 26.8. The molecule has 1 aliphatic carbocycles. The van der Waals surface area contributed by atoms with E-state index in [2.05, 4.69) is 9.97 Å². The molecule has 0 atom stereocenters. The van der Waals surface area contributed by atoms with E-state index in [0.29, 0.717) is 55.1 Å². The van der Waals surface area contributed by atoms with Crippen molar-refractivity contribution in [2.24, 2.45) is 18.9 Å². The SMILES string of the molecule is COc1ccc2c(c1)c(=O)n(C[C@H]1CC[C@H](C(=O)N3CCN(C(=O)c4ccncn4)CC3)CC1)c(=O)n2C. The fourth-order valence-electron chi connectivity index (χ4n) is 5.60. The number of hydrogen-bond donors (Lipinski definition) is 0. The standard InChI is InChI=1S/C27H32N6O5/c1-30-23-8-7-20(38-2)15-21(23)25(35)33(27(30)37)16-18-3-5-19(6-4-18)24(34)31-11-13-32(14-12-31)26(36)22-9-10-28-17-29-22/h7-10,15,17-19H,3-6,11-14,16H2,1-2H3/t18-,19-. The number of fused-ring (bicyclic) bond motifs is 1. The van der Waals surface area contributed by atoms with Crippen LogP contribution in [0, 0.1) is 11.8 Å². The summed E-state index contributed by atoms with van der Waals surface area (Å²) in [6, 6.07) is 6.73. The molecule has 11 nitrogen and oxygen atoms in total. The second kappa shape index (κ2) is 10.8. The predicted molar refractivity (Wildman–Crippen MR) is 140 cm³/mol. The van der Waals surface area contributed by atoms with Gasteiger partial charge in [0.15, 0.2) is 0 Å². The highest BCUT2D eigenvalue weighted by Gasteiger charge is 2.32. The summed E-state index contributed by atoms with van der Waals surface area (Å²) in [6.07, 6.45) is 5.89. The molecule has 1 aliphatic heterocycles. The first-order valence-electron chi connectivity index (χ1n) is 13.0. The maximum Gasteiger partial charge on any atom is 0.331 e. The van der Waals surface area contributed by atoms with Gasteiger partial charge in [0.2, 0.25) is 5.91 Å². The molecule has 0 N–H and O–H groups in total. The van der Waals surface area contributed by atoms with E-state index in [1.54, 1.807) is 49.5 Å². The Labute approximate surface area is 219 Å². The van der Waals surface area contributed by atoms with Crippen LogP contribution < -0.4 is 16.0 Å². The van der Waals surface area contributed by atoms with Gasteiger partial charge in [0.25, 0.3) is 11.5 Å². The molecule has 0 spiro atoms. The molecule has 2 fully saturated rings. The largest absolute Gasteiger partial charge is 0.497 e. The first-order valence-corrected chi connectivity index (χ1v) is 13.0. The maximum absolute atomic E-state index is 13.2. The number of aryl methyl sites for hydroxylation is 1. The van der Waals surface area contributed by atoms with Crippen LogP contribution in [0.3, 0.4) is 0 Å². The number of carbonyl (C=O) groups is 2. The molecule has 0 radical (unpaired) electrons. The molecule has 3 aromatic rings. The molecule has 5 rings (SSSR count). The molecule has 200 valence electrons. The van der Waals surface area contributed by atoms with E-state index >= 15 is 0 Å². The van der Waals surface area contributed by atoms with E-state index in [1.165, 1.54) is 15.5 Å². The third kappa shape index (κ3) is 4.92. The molecule has 1 aromatic carbocycles. The second-order valence-corrected chi connectivity index (χ2v) is 10.1. The molecule has 0 unspecified atom stereocenters. The lowest BCUT2D eigenvalue weighted by Crippen LogP contribution is -2.52. The van der Waals surface area contributed by atoms with Crippen molar-refractivity contribution in [1.82, 2.24) is 28.9 Å². The topological polar surface area (TPSA) is 120 Å². The summed E-state index contributed by atoms with van der Waals surface area (Å²) >= 11 is 0. The minimum atomic E-state index is -0.333. The van der Waals surface area contributed by atoms with Crippen LogP contribution in [0.15, 0.2) is 46.4 Å². The Morgan fingerprint density at radius 3 is 2.37 bits per heavy atom. The number of carbonyl (C=O) groups excluding carboxylic acids is 2. The minimum Gasteiger partial charge on any atom is -0.497 e. The van der Waals surface area contributed by atoms with Gasteiger partial charge in [-0.05, 0) is 55.9 Å². The molecule has 38 heavy (non-hydrogen) atoms. The zero-order valence-corrected chi connectivity index (χ0v) is 21.7. The minimum absolute atomic E-state index is 0.0733. The summed E-state index contributed by atoms with van der Waals surface area (Å²) in [5.74, 6) is 0.626. The highest BCUT2D eigenvalue weighted by Crippen LogP contribution is 2.31. The summed E-state index contributed by atoms with van der Waals surface area (Å²) in [7, 11) is 3.21. The van der Waals surface area contributed by atoms with Gasteiger partial charge in [-0.3, -0.25) is 23.5 Å². The fourth-order valence-corrected chi connectivity index (χ4v) is 5.60. The van der Waals surface area contributed by atoms with E-state index in [1.807, 2.05) is 4.90 Å². The van der Waals surface area contributed by atoms with Crippen molar-refractivity contribution in [2.45, 2.75) is 32.2 Å². The van der Waals surface area contributed by atoms with Gasteiger partial charge in [0.05, 0.1) is 18.0 Å². The summed E-state index contributed by atoms with van der Waals surface area (Å²) < 4.78 is 8.09. The van der Waals surface area contributed by atoms with Gasteiger partial charge in [-0.25, -0.2) is 14.8 Å². The average Bonchev–Trinajstić information content (AvgIpc) is 2.98. The molecule has 3 heterocycles. The van der Waals surface area contributed by atoms with Gasteiger partial charge < -0.3 is 14.5 Å². The third-order valence-corrected chi connectivity index (χ3v) is 7.87. The van der Waals surface area contributed by atoms with Crippen molar-refractivity contribution in [3.05, 3.63) is 63.3 Å². The van der Waals surface area contributed by atoms with E-state index in [4.69, 9.17) is 4.74 Å². The van der Waals surface area contributed by atoms with Crippen LogP contribution in [-0.4, -0.2) is 74.0 Å². The summed E-state index contributed by atoms with van der Waals surface area (Å²) in [4.78, 5) is 63.4. The molecule has 11 heteroatoms. The second-order valence-electron chi connectivity index (χ2n) is 10.1. The lowest BCUT2D eigenvalue weighted by atomic mass is 9.81. The van der Waals surface area contributed by atoms with Gasteiger partial charge in [-0.2, -0.15) is 0 Å². The number of nitrogens with zero attached hydrogens (tertiary/aromatic N) is 6. The molecule has 2 aromatic heterocycles. The summed E-state index contributed by atoms with van der Waals surface area (Å²) in [5.41, 5.74) is 0.289. The Balaban J connectivity index is 1.18. The van der Waals surface area contributed by atoms with Gasteiger partial charge in [0.1, 0.15) is 17.8 Å². The van der Waals surface area contributed by atoms with Crippen LogP contribution in [0.25, 0.3) is 10.9 Å². The van der Waals surface area contributed by atoms with E-state index in [0.717, 1.165) is 25.7 Å². The lowest BCUT2D eigenvalue weighted by molar-refractivity contribution is -0.138. The number of methoxy groups -OCH3 is 1. The van der Waals surface area contributed by atoms with Crippen molar-refractivity contribution < 1.29 is 14.3 Å². The first kappa shape index (κ1) is 25.6. The molecule has 2 aliphatic rings.